The second kappa shape index (κ2) is 3.71. The number of hydrogen-bond donors (Lipinski definition) is 0. The van der Waals surface area contributed by atoms with Crippen LogP contribution in [0.4, 0.5) is 5.69 Å². The first-order chi connectivity index (χ1) is 8.54. The van der Waals surface area contributed by atoms with Crippen LogP contribution in [0.5, 0.6) is 0 Å². The summed E-state index contributed by atoms with van der Waals surface area (Å²) < 4.78 is 0.824. The first-order valence-electron chi connectivity index (χ1n) is 5.56. The zero-order valence-electron chi connectivity index (χ0n) is 9.63. The fourth-order valence-corrected chi connectivity index (χ4v) is 2.76. The highest BCUT2D eigenvalue weighted by molar-refractivity contribution is 9.10. The van der Waals surface area contributed by atoms with Crippen LogP contribution in [0.2, 0.25) is 0 Å². The minimum Gasteiger partial charge on any atom is -0.274 e. The predicted octanol–water partition coefficient (Wildman–Crippen LogP) is 2.16. The van der Waals surface area contributed by atoms with E-state index < -0.39 is 11.5 Å². The molecule has 2 aliphatic heterocycles. The van der Waals surface area contributed by atoms with Crippen LogP contribution in [0.3, 0.4) is 0 Å². The quantitative estimate of drug-likeness (QED) is 0.746. The van der Waals surface area contributed by atoms with Gasteiger partial charge in [0.1, 0.15) is 0 Å². The third-order valence-corrected chi connectivity index (χ3v) is 3.94. The van der Waals surface area contributed by atoms with Crippen molar-refractivity contribution in [2.75, 3.05) is 11.4 Å². The number of amides is 2. The topological polar surface area (TPSA) is 62.1 Å². The number of rotatable bonds is 1. The summed E-state index contributed by atoms with van der Waals surface area (Å²) in [6.07, 6.45) is 0. The van der Waals surface area contributed by atoms with Crippen molar-refractivity contribution in [3.8, 4) is 0 Å². The molecule has 0 aromatic heterocycles. The Balaban J connectivity index is 2.07. The lowest BCUT2D eigenvalue weighted by Crippen LogP contribution is -2.37. The number of carbonyl (C=O) groups is 2. The van der Waals surface area contributed by atoms with Crippen LogP contribution in [0.25, 0.3) is 0 Å². The molecule has 2 heterocycles. The summed E-state index contributed by atoms with van der Waals surface area (Å²) >= 11 is 3.33. The van der Waals surface area contributed by atoms with E-state index in [-0.39, 0.29) is 11.8 Å². The number of carbonyl (C=O) groups excluding carboxylic acids is 2. The fourth-order valence-electron chi connectivity index (χ4n) is 2.37. The molecular formula is C12H10BrN3O2. The molecule has 0 N–H and O–H groups in total. The van der Waals surface area contributed by atoms with E-state index >= 15 is 0 Å². The van der Waals surface area contributed by atoms with Crippen molar-refractivity contribution in [3.63, 3.8) is 0 Å². The van der Waals surface area contributed by atoms with Gasteiger partial charge in [-0.3, -0.25) is 9.59 Å². The Morgan fingerprint density at radius 2 is 2.22 bits per heavy atom. The highest BCUT2D eigenvalue weighted by Crippen LogP contribution is 2.40. The molecule has 0 aliphatic carbocycles. The van der Waals surface area contributed by atoms with Crippen LogP contribution in [0.1, 0.15) is 6.92 Å². The maximum Gasteiger partial charge on any atom is 0.264 e. The summed E-state index contributed by atoms with van der Waals surface area (Å²) in [5.41, 5.74) is -0.440. The molecule has 0 bridgehead atoms. The Labute approximate surface area is 112 Å². The molecule has 3 rings (SSSR count). The monoisotopic (exact) mass is 307 g/mol. The molecule has 0 saturated carbocycles. The molecule has 2 amide bonds. The molecule has 1 fully saturated rings. The second-order valence-electron chi connectivity index (χ2n) is 4.58. The van der Waals surface area contributed by atoms with Gasteiger partial charge in [-0.2, -0.15) is 10.2 Å². The summed E-state index contributed by atoms with van der Waals surface area (Å²) in [6, 6.07) is 7.12. The van der Waals surface area contributed by atoms with Crippen molar-refractivity contribution in [2.24, 2.45) is 16.1 Å². The highest BCUT2D eigenvalue weighted by Gasteiger charge is 2.59. The minimum absolute atomic E-state index is 0.217. The minimum atomic E-state index is -1.01. The highest BCUT2D eigenvalue weighted by atomic mass is 79.9. The van der Waals surface area contributed by atoms with Crippen molar-refractivity contribution in [2.45, 2.75) is 12.5 Å². The lowest BCUT2D eigenvalue weighted by Gasteiger charge is -2.16. The van der Waals surface area contributed by atoms with E-state index in [1.54, 1.807) is 25.1 Å². The normalized spacial score (nSPS) is 30.1. The average Bonchev–Trinajstić information content (AvgIpc) is 2.79. The van der Waals surface area contributed by atoms with Gasteiger partial charge in [0.25, 0.3) is 5.91 Å². The van der Waals surface area contributed by atoms with Crippen molar-refractivity contribution in [3.05, 3.63) is 28.7 Å². The third kappa shape index (κ3) is 1.38. The first kappa shape index (κ1) is 11.5. The predicted molar refractivity (Wildman–Crippen MR) is 68.3 cm³/mol. The summed E-state index contributed by atoms with van der Waals surface area (Å²) in [4.78, 5) is 25.9. The second-order valence-corrected chi connectivity index (χ2v) is 5.50. The number of fused-ring (bicyclic) bond motifs is 1. The van der Waals surface area contributed by atoms with E-state index in [0.29, 0.717) is 12.2 Å². The lowest BCUT2D eigenvalue weighted by atomic mass is 9.90. The van der Waals surface area contributed by atoms with Crippen LogP contribution in [0, 0.1) is 5.92 Å². The number of azo groups is 1. The zero-order valence-corrected chi connectivity index (χ0v) is 11.2. The summed E-state index contributed by atoms with van der Waals surface area (Å²) in [5.74, 6) is -0.966. The van der Waals surface area contributed by atoms with Crippen molar-refractivity contribution in [1.29, 1.82) is 0 Å². The fraction of sp³-hybridized carbons (Fsp3) is 0.333. The molecular weight excluding hydrogens is 298 g/mol. The maximum absolute atomic E-state index is 12.4. The third-order valence-electron chi connectivity index (χ3n) is 3.44. The Morgan fingerprint density at radius 3 is 2.89 bits per heavy atom. The molecule has 5 nitrogen and oxygen atoms in total. The van der Waals surface area contributed by atoms with Gasteiger partial charge in [0.15, 0.2) is 5.54 Å². The van der Waals surface area contributed by atoms with Crippen LogP contribution >= 0.6 is 15.9 Å². The number of halogens is 1. The smallest absolute Gasteiger partial charge is 0.264 e. The van der Waals surface area contributed by atoms with Gasteiger partial charge >= 0.3 is 0 Å². The number of hydrogen-bond acceptors (Lipinski definition) is 4. The maximum atomic E-state index is 12.4. The number of benzene rings is 1. The molecule has 18 heavy (non-hydrogen) atoms. The Bertz CT molecular complexity index is 586. The average molecular weight is 308 g/mol. The van der Waals surface area contributed by atoms with Crippen LogP contribution < -0.4 is 4.90 Å². The first-order valence-corrected chi connectivity index (χ1v) is 6.36. The standard InChI is InChI=1S/C12H10BrN3O2/c1-12-9(6-14-15-12)10(17)16(11(12)18)8-4-2-3-7(13)5-8/h2-5,9H,6H2,1H3/t9-,12-/m0/s1. The van der Waals surface area contributed by atoms with Gasteiger partial charge in [-0.25, -0.2) is 4.90 Å². The molecule has 92 valence electrons. The van der Waals surface area contributed by atoms with Gasteiger partial charge in [-0.15, -0.1) is 0 Å². The van der Waals surface area contributed by atoms with Gasteiger partial charge in [0.05, 0.1) is 18.2 Å². The SMILES string of the molecule is C[C@]12N=NC[C@H]1C(=O)N(c1cccc(Br)c1)C2=O. The van der Waals surface area contributed by atoms with E-state index in [9.17, 15) is 9.59 Å². The summed E-state index contributed by atoms with van der Waals surface area (Å²) in [6.45, 7) is 1.97. The van der Waals surface area contributed by atoms with E-state index in [4.69, 9.17) is 0 Å². The van der Waals surface area contributed by atoms with Gasteiger partial charge in [-0.05, 0) is 25.1 Å². The van der Waals surface area contributed by atoms with Crippen LogP contribution in [-0.2, 0) is 9.59 Å². The molecule has 2 aliphatic rings. The van der Waals surface area contributed by atoms with Crippen LogP contribution in [0.15, 0.2) is 39.0 Å². The van der Waals surface area contributed by atoms with Crippen molar-refractivity contribution < 1.29 is 9.59 Å². The Kier molecular flexibility index (Phi) is 2.38. The molecule has 0 spiro atoms. The molecule has 1 saturated heterocycles. The molecule has 1 aromatic rings. The molecule has 2 atom stereocenters. The lowest BCUT2D eigenvalue weighted by molar-refractivity contribution is -0.122. The number of imide groups is 1. The Hall–Kier alpha value is -1.56. The number of nitrogens with zero attached hydrogens (tertiary/aromatic N) is 3. The number of anilines is 1. The Morgan fingerprint density at radius 1 is 1.44 bits per heavy atom. The van der Waals surface area contributed by atoms with Gasteiger partial charge < -0.3 is 0 Å². The largest absolute Gasteiger partial charge is 0.274 e. The van der Waals surface area contributed by atoms with E-state index in [0.717, 1.165) is 4.47 Å². The molecule has 1 aromatic carbocycles. The molecule has 6 heteroatoms. The summed E-state index contributed by atoms with van der Waals surface area (Å²) in [5, 5.41) is 7.79. The van der Waals surface area contributed by atoms with Crippen molar-refractivity contribution in [1.82, 2.24) is 0 Å². The van der Waals surface area contributed by atoms with Gasteiger partial charge in [0.2, 0.25) is 5.91 Å². The zero-order chi connectivity index (χ0) is 12.9. The van der Waals surface area contributed by atoms with E-state index in [2.05, 4.69) is 26.2 Å². The van der Waals surface area contributed by atoms with Gasteiger partial charge in [0, 0.05) is 4.47 Å². The van der Waals surface area contributed by atoms with Crippen LogP contribution in [-0.4, -0.2) is 23.9 Å². The summed E-state index contributed by atoms with van der Waals surface area (Å²) in [7, 11) is 0. The molecule has 0 unspecified atom stereocenters. The van der Waals surface area contributed by atoms with E-state index in [1.807, 2.05) is 6.07 Å². The van der Waals surface area contributed by atoms with E-state index in [1.165, 1.54) is 4.90 Å². The van der Waals surface area contributed by atoms with Gasteiger partial charge in [-0.1, -0.05) is 22.0 Å². The van der Waals surface area contributed by atoms with Crippen molar-refractivity contribution >= 4 is 33.4 Å². The molecule has 0 radical (unpaired) electrons.